The summed E-state index contributed by atoms with van der Waals surface area (Å²) < 4.78 is 27.2. The van der Waals surface area contributed by atoms with Crippen molar-refractivity contribution in [3.05, 3.63) is 57.6 Å². The molecule has 25 heavy (non-hydrogen) atoms. The monoisotopic (exact) mass is 400 g/mol. The van der Waals surface area contributed by atoms with Crippen molar-refractivity contribution in [3.63, 3.8) is 0 Å². The number of aryl methyl sites for hydroxylation is 1. The van der Waals surface area contributed by atoms with Crippen LogP contribution in [0.3, 0.4) is 0 Å². The Morgan fingerprint density at radius 1 is 1.08 bits per heavy atom. The minimum absolute atomic E-state index is 0.0263. The van der Waals surface area contributed by atoms with E-state index in [1.54, 1.807) is 26.0 Å². The number of halogens is 2. The number of benzene rings is 2. The summed E-state index contributed by atoms with van der Waals surface area (Å²) >= 11 is 12.1. The number of sulfonamides is 1. The Morgan fingerprint density at radius 3 is 2.32 bits per heavy atom. The Balaban J connectivity index is 2.43. The van der Waals surface area contributed by atoms with Gasteiger partial charge in [-0.2, -0.15) is 0 Å². The number of amides is 1. The summed E-state index contributed by atoms with van der Waals surface area (Å²) in [5.41, 5.74) is 1.51. The lowest BCUT2D eigenvalue weighted by Crippen LogP contribution is -2.30. The van der Waals surface area contributed by atoms with E-state index in [0.29, 0.717) is 5.69 Å². The van der Waals surface area contributed by atoms with E-state index in [0.717, 1.165) is 5.56 Å². The smallest absolute Gasteiger partial charge is 0.257 e. The van der Waals surface area contributed by atoms with Gasteiger partial charge in [-0.25, -0.2) is 13.1 Å². The second kappa shape index (κ2) is 7.74. The van der Waals surface area contributed by atoms with E-state index in [9.17, 15) is 13.2 Å². The zero-order valence-electron chi connectivity index (χ0n) is 13.9. The van der Waals surface area contributed by atoms with Crippen molar-refractivity contribution in [1.82, 2.24) is 4.72 Å². The molecule has 0 saturated heterocycles. The van der Waals surface area contributed by atoms with Crippen LogP contribution in [0.1, 0.15) is 29.8 Å². The maximum Gasteiger partial charge on any atom is 0.257 e. The van der Waals surface area contributed by atoms with Crippen LogP contribution in [0.15, 0.2) is 41.3 Å². The molecule has 134 valence electrons. The van der Waals surface area contributed by atoms with E-state index in [2.05, 4.69) is 10.0 Å². The molecule has 5 nitrogen and oxygen atoms in total. The van der Waals surface area contributed by atoms with Gasteiger partial charge in [0, 0.05) is 11.7 Å². The van der Waals surface area contributed by atoms with Gasteiger partial charge in [0.15, 0.2) is 0 Å². The Hall–Kier alpha value is -1.60. The molecule has 0 saturated carbocycles. The third kappa shape index (κ3) is 4.73. The fourth-order valence-corrected chi connectivity index (χ4v) is 4.30. The molecule has 2 rings (SSSR count). The first-order valence-corrected chi connectivity index (χ1v) is 9.74. The van der Waals surface area contributed by atoms with E-state index >= 15 is 0 Å². The van der Waals surface area contributed by atoms with Crippen LogP contribution in [0.5, 0.6) is 0 Å². The molecular weight excluding hydrogens is 383 g/mol. The van der Waals surface area contributed by atoms with Gasteiger partial charge < -0.3 is 5.32 Å². The summed E-state index contributed by atoms with van der Waals surface area (Å²) in [6, 6.07) is 9.35. The highest BCUT2D eigenvalue weighted by Gasteiger charge is 2.23. The summed E-state index contributed by atoms with van der Waals surface area (Å²) in [5, 5.41) is 2.74. The van der Waals surface area contributed by atoms with Crippen LogP contribution in [-0.4, -0.2) is 20.4 Å². The van der Waals surface area contributed by atoms with E-state index < -0.39 is 15.9 Å². The number of hydrogen-bond donors (Lipinski definition) is 2. The molecule has 0 aliphatic carbocycles. The number of carbonyl (C=O) groups is 1. The molecule has 8 heteroatoms. The van der Waals surface area contributed by atoms with Crippen molar-refractivity contribution in [2.24, 2.45) is 0 Å². The highest BCUT2D eigenvalue weighted by molar-refractivity contribution is 7.89. The van der Waals surface area contributed by atoms with Crippen LogP contribution >= 0.6 is 23.2 Å². The van der Waals surface area contributed by atoms with Crippen molar-refractivity contribution < 1.29 is 13.2 Å². The van der Waals surface area contributed by atoms with Crippen molar-refractivity contribution in [1.29, 1.82) is 0 Å². The summed E-state index contributed by atoms with van der Waals surface area (Å²) in [5.74, 6) is -0.517. The summed E-state index contributed by atoms with van der Waals surface area (Å²) in [4.78, 5) is 12.4. The Bertz CT molecular complexity index is 912. The highest BCUT2D eigenvalue weighted by Crippen LogP contribution is 2.29. The number of nitrogens with one attached hydrogen (secondary N) is 2. The third-order valence-electron chi connectivity index (χ3n) is 3.34. The number of para-hydroxylation sites is 1. The minimum Gasteiger partial charge on any atom is -0.322 e. The van der Waals surface area contributed by atoms with Gasteiger partial charge in [0.2, 0.25) is 10.0 Å². The molecule has 2 aromatic carbocycles. The van der Waals surface area contributed by atoms with Gasteiger partial charge in [-0.3, -0.25) is 4.79 Å². The van der Waals surface area contributed by atoms with E-state index in [1.807, 2.05) is 19.1 Å². The van der Waals surface area contributed by atoms with Gasteiger partial charge >= 0.3 is 0 Å². The third-order valence-corrected chi connectivity index (χ3v) is 5.78. The number of hydrogen-bond acceptors (Lipinski definition) is 3. The fourth-order valence-electron chi connectivity index (χ4n) is 2.19. The Kier molecular flexibility index (Phi) is 6.11. The normalized spacial score (nSPS) is 11.6. The number of anilines is 1. The Labute approximate surface area is 157 Å². The molecule has 0 aliphatic rings. The van der Waals surface area contributed by atoms with Crippen molar-refractivity contribution in [3.8, 4) is 0 Å². The Morgan fingerprint density at radius 2 is 1.72 bits per heavy atom. The lowest BCUT2D eigenvalue weighted by atomic mass is 10.1. The molecule has 0 bridgehead atoms. The van der Waals surface area contributed by atoms with Crippen molar-refractivity contribution >= 4 is 44.8 Å². The first kappa shape index (κ1) is 19.7. The number of rotatable bonds is 5. The lowest BCUT2D eigenvalue weighted by molar-refractivity contribution is 0.102. The summed E-state index contributed by atoms with van der Waals surface area (Å²) in [6.07, 6.45) is 0. The van der Waals surface area contributed by atoms with Crippen molar-refractivity contribution in [2.45, 2.75) is 31.7 Å². The van der Waals surface area contributed by atoms with Gasteiger partial charge in [-0.15, -0.1) is 0 Å². The summed E-state index contributed by atoms with van der Waals surface area (Å²) in [7, 11) is -3.86. The molecule has 0 aliphatic heterocycles. The molecule has 2 aromatic rings. The number of carbonyl (C=O) groups excluding carboxylic acids is 1. The fraction of sp³-hybridized carbons (Fsp3) is 0.235. The molecule has 0 radical (unpaired) electrons. The molecule has 0 aromatic heterocycles. The first-order valence-electron chi connectivity index (χ1n) is 7.50. The summed E-state index contributed by atoms with van der Waals surface area (Å²) in [6.45, 7) is 5.22. The highest BCUT2D eigenvalue weighted by atomic mass is 35.5. The van der Waals surface area contributed by atoms with Crippen LogP contribution in [0.25, 0.3) is 0 Å². The van der Waals surface area contributed by atoms with Crippen LogP contribution in [0, 0.1) is 6.92 Å². The molecule has 0 atom stereocenters. The second-order valence-electron chi connectivity index (χ2n) is 5.81. The van der Waals surface area contributed by atoms with Crippen molar-refractivity contribution in [2.75, 3.05) is 5.32 Å². The predicted octanol–water partition coefficient (Wildman–Crippen LogP) is 4.24. The standard InChI is InChI=1S/C17H18Cl2N2O3S/c1-10(2)21-25(23,24)16-8-12(13(18)9-14(16)19)17(22)20-15-7-5-4-6-11(15)3/h4-10,21H,1-3H3,(H,20,22). The molecular formula is C17H18Cl2N2O3S. The zero-order valence-corrected chi connectivity index (χ0v) is 16.3. The second-order valence-corrected chi connectivity index (χ2v) is 8.30. The van der Waals surface area contributed by atoms with Gasteiger partial charge in [0.1, 0.15) is 4.90 Å². The molecule has 0 heterocycles. The average molecular weight is 401 g/mol. The van der Waals surface area contributed by atoms with Crippen LogP contribution in [0.2, 0.25) is 10.0 Å². The zero-order chi connectivity index (χ0) is 18.8. The van der Waals surface area contributed by atoms with Gasteiger partial charge in [0.05, 0.1) is 15.6 Å². The maximum atomic E-state index is 12.5. The first-order chi connectivity index (χ1) is 11.6. The van der Waals surface area contributed by atoms with Gasteiger partial charge in [-0.1, -0.05) is 41.4 Å². The quantitative estimate of drug-likeness (QED) is 0.787. The predicted molar refractivity (Wildman–Crippen MR) is 101 cm³/mol. The molecule has 0 spiro atoms. The molecule has 0 unspecified atom stereocenters. The van der Waals surface area contributed by atoms with E-state index in [-0.39, 0.29) is 26.5 Å². The molecule has 2 N–H and O–H groups in total. The van der Waals surface area contributed by atoms with Crippen LogP contribution < -0.4 is 10.0 Å². The van der Waals surface area contributed by atoms with Crippen LogP contribution in [-0.2, 0) is 10.0 Å². The largest absolute Gasteiger partial charge is 0.322 e. The molecule has 0 fully saturated rings. The topological polar surface area (TPSA) is 75.3 Å². The lowest BCUT2D eigenvalue weighted by Gasteiger charge is -2.14. The van der Waals surface area contributed by atoms with Gasteiger partial charge in [0.25, 0.3) is 5.91 Å². The minimum atomic E-state index is -3.86. The van der Waals surface area contributed by atoms with E-state index in [1.165, 1.54) is 12.1 Å². The van der Waals surface area contributed by atoms with Gasteiger partial charge in [-0.05, 0) is 44.5 Å². The van der Waals surface area contributed by atoms with Crippen LogP contribution in [0.4, 0.5) is 5.69 Å². The maximum absolute atomic E-state index is 12.5. The van der Waals surface area contributed by atoms with E-state index in [4.69, 9.17) is 23.2 Å². The molecule has 1 amide bonds. The SMILES string of the molecule is Cc1ccccc1NC(=O)c1cc(S(=O)(=O)NC(C)C)c(Cl)cc1Cl. The average Bonchev–Trinajstić information content (AvgIpc) is 2.47.